The molecule has 0 aromatic carbocycles. The molecule has 9 heteroatoms. The van der Waals surface area contributed by atoms with Crippen molar-refractivity contribution < 1.29 is 24.3 Å². The predicted octanol–water partition coefficient (Wildman–Crippen LogP) is -0.361. The summed E-state index contributed by atoms with van der Waals surface area (Å²) in [5.41, 5.74) is 0. The fourth-order valence-electron chi connectivity index (χ4n) is 2.01. The molecule has 1 aliphatic heterocycles. The lowest BCUT2D eigenvalue weighted by molar-refractivity contribution is -0.139. The third-order valence-electron chi connectivity index (χ3n) is 3.11. The molecule has 0 saturated carbocycles. The van der Waals surface area contributed by atoms with Crippen molar-refractivity contribution in [2.75, 3.05) is 18.6 Å². The van der Waals surface area contributed by atoms with E-state index < -0.39 is 35.9 Å². The fraction of sp³-hybridized carbons (Fsp3) is 0.667. The zero-order valence-corrected chi connectivity index (χ0v) is 12.7. The Balaban J connectivity index is 2.76. The van der Waals surface area contributed by atoms with Crippen molar-refractivity contribution in [1.29, 1.82) is 0 Å². The van der Waals surface area contributed by atoms with Crippen molar-refractivity contribution in [3.63, 3.8) is 0 Å². The van der Waals surface area contributed by atoms with Gasteiger partial charge in [-0.15, -0.1) is 0 Å². The number of urea groups is 1. The van der Waals surface area contributed by atoms with Crippen molar-refractivity contribution in [3.8, 4) is 0 Å². The number of thioether (sulfide) groups is 1. The first-order valence-electron chi connectivity index (χ1n) is 6.53. The largest absolute Gasteiger partial charge is 0.480 e. The van der Waals surface area contributed by atoms with Crippen LogP contribution in [0.5, 0.6) is 0 Å². The van der Waals surface area contributed by atoms with E-state index in [-0.39, 0.29) is 13.0 Å². The number of rotatable bonds is 6. The number of carbonyl (C=O) groups is 4. The Morgan fingerprint density at radius 1 is 1.52 bits per heavy atom. The van der Waals surface area contributed by atoms with Gasteiger partial charge in [-0.25, -0.2) is 9.59 Å². The van der Waals surface area contributed by atoms with Gasteiger partial charge in [0.15, 0.2) is 0 Å². The highest BCUT2D eigenvalue weighted by Crippen LogP contribution is 2.10. The Morgan fingerprint density at radius 2 is 2.19 bits per heavy atom. The maximum absolute atomic E-state index is 12.1. The van der Waals surface area contributed by atoms with Crippen LogP contribution in [-0.2, 0) is 14.4 Å². The summed E-state index contributed by atoms with van der Waals surface area (Å²) in [6.45, 7) is 1.45. The third-order valence-corrected chi connectivity index (χ3v) is 3.75. The molecule has 1 unspecified atom stereocenters. The molecule has 118 valence electrons. The number of carboxylic acids is 1. The van der Waals surface area contributed by atoms with E-state index in [1.807, 2.05) is 6.26 Å². The Bertz CT molecular complexity index is 443. The SMILES string of the molecule is CCC1C(=O)NC(=O)CN1C(=O)N[C@@H](CCSC)C(=O)O. The normalized spacial score (nSPS) is 19.9. The summed E-state index contributed by atoms with van der Waals surface area (Å²) >= 11 is 1.47. The van der Waals surface area contributed by atoms with Crippen LogP contribution in [0.4, 0.5) is 4.79 Å². The first kappa shape index (κ1) is 17.3. The van der Waals surface area contributed by atoms with E-state index in [9.17, 15) is 19.2 Å². The van der Waals surface area contributed by atoms with Crippen molar-refractivity contribution >= 4 is 35.6 Å². The van der Waals surface area contributed by atoms with E-state index in [4.69, 9.17) is 5.11 Å². The van der Waals surface area contributed by atoms with Crippen LogP contribution in [-0.4, -0.2) is 64.5 Å². The van der Waals surface area contributed by atoms with Gasteiger partial charge in [0.1, 0.15) is 18.6 Å². The zero-order valence-electron chi connectivity index (χ0n) is 11.9. The van der Waals surface area contributed by atoms with Gasteiger partial charge in [-0.2, -0.15) is 11.8 Å². The summed E-state index contributed by atoms with van der Waals surface area (Å²) in [4.78, 5) is 47.4. The van der Waals surface area contributed by atoms with E-state index in [1.54, 1.807) is 6.92 Å². The lowest BCUT2D eigenvalue weighted by Crippen LogP contribution is -2.62. The molecule has 1 fully saturated rings. The lowest BCUT2D eigenvalue weighted by atomic mass is 10.1. The zero-order chi connectivity index (χ0) is 16.0. The second-order valence-corrected chi connectivity index (χ2v) is 5.57. The number of imide groups is 1. The van der Waals surface area contributed by atoms with Gasteiger partial charge < -0.3 is 15.3 Å². The molecule has 4 amide bonds. The summed E-state index contributed by atoms with van der Waals surface area (Å²) in [7, 11) is 0. The number of amides is 4. The fourth-order valence-corrected chi connectivity index (χ4v) is 2.48. The molecule has 0 radical (unpaired) electrons. The second-order valence-electron chi connectivity index (χ2n) is 4.59. The Kier molecular flexibility index (Phi) is 6.47. The minimum Gasteiger partial charge on any atom is -0.480 e. The van der Waals surface area contributed by atoms with Gasteiger partial charge in [0.2, 0.25) is 11.8 Å². The van der Waals surface area contributed by atoms with Crippen LogP contribution in [0.1, 0.15) is 19.8 Å². The average molecular weight is 317 g/mol. The third kappa shape index (κ3) is 4.62. The highest BCUT2D eigenvalue weighted by Gasteiger charge is 2.36. The van der Waals surface area contributed by atoms with Crippen LogP contribution < -0.4 is 10.6 Å². The summed E-state index contributed by atoms with van der Waals surface area (Å²) in [5.74, 6) is -1.68. The highest BCUT2D eigenvalue weighted by molar-refractivity contribution is 7.98. The Labute approximate surface area is 126 Å². The number of hydrogen-bond donors (Lipinski definition) is 3. The van der Waals surface area contributed by atoms with Crippen LogP contribution in [0.25, 0.3) is 0 Å². The molecule has 21 heavy (non-hydrogen) atoms. The van der Waals surface area contributed by atoms with Gasteiger partial charge in [-0.05, 0) is 24.9 Å². The van der Waals surface area contributed by atoms with Gasteiger partial charge in [0.05, 0.1) is 0 Å². The summed E-state index contributed by atoms with van der Waals surface area (Å²) in [6, 6.07) is -2.52. The molecule has 0 aromatic heterocycles. The number of nitrogens with one attached hydrogen (secondary N) is 2. The average Bonchev–Trinajstić information content (AvgIpc) is 2.42. The van der Waals surface area contributed by atoms with Gasteiger partial charge in [-0.3, -0.25) is 14.9 Å². The summed E-state index contributed by atoms with van der Waals surface area (Å²) in [5, 5.41) is 13.6. The van der Waals surface area contributed by atoms with Crippen molar-refractivity contribution in [3.05, 3.63) is 0 Å². The number of nitrogens with zero attached hydrogens (tertiary/aromatic N) is 1. The maximum atomic E-state index is 12.1. The summed E-state index contributed by atoms with van der Waals surface area (Å²) < 4.78 is 0. The molecular formula is C12H19N3O5S. The van der Waals surface area contributed by atoms with E-state index in [0.29, 0.717) is 12.2 Å². The summed E-state index contributed by atoms with van der Waals surface area (Å²) in [6.07, 6.45) is 2.45. The first-order valence-corrected chi connectivity index (χ1v) is 7.92. The first-order chi connectivity index (χ1) is 9.90. The molecule has 1 saturated heterocycles. The van der Waals surface area contributed by atoms with E-state index in [1.165, 1.54) is 11.8 Å². The molecule has 1 aliphatic rings. The lowest BCUT2D eigenvalue weighted by Gasteiger charge is -2.34. The molecule has 0 bridgehead atoms. The number of aliphatic carboxylic acids is 1. The quantitative estimate of drug-likeness (QED) is 0.576. The van der Waals surface area contributed by atoms with E-state index >= 15 is 0 Å². The van der Waals surface area contributed by atoms with Gasteiger partial charge in [-0.1, -0.05) is 6.92 Å². The molecule has 0 aliphatic carbocycles. The van der Waals surface area contributed by atoms with Crippen LogP contribution in [0.15, 0.2) is 0 Å². The monoisotopic (exact) mass is 317 g/mol. The second kappa shape index (κ2) is 7.87. The maximum Gasteiger partial charge on any atom is 0.326 e. The molecule has 0 spiro atoms. The van der Waals surface area contributed by atoms with Gasteiger partial charge >= 0.3 is 12.0 Å². The molecule has 3 N–H and O–H groups in total. The van der Waals surface area contributed by atoms with Crippen LogP contribution in [0, 0.1) is 0 Å². The molecule has 0 aromatic rings. The topological polar surface area (TPSA) is 116 Å². The van der Waals surface area contributed by atoms with Crippen molar-refractivity contribution in [1.82, 2.24) is 15.5 Å². The smallest absolute Gasteiger partial charge is 0.326 e. The molecule has 1 rings (SSSR count). The van der Waals surface area contributed by atoms with Crippen LogP contribution in [0.2, 0.25) is 0 Å². The molecule has 1 heterocycles. The van der Waals surface area contributed by atoms with E-state index in [2.05, 4.69) is 10.6 Å². The standard InChI is InChI=1S/C12H19N3O5S/c1-3-8-10(17)14-9(16)6-15(8)12(20)13-7(11(18)19)4-5-21-2/h7-8H,3-6H2,1-2H3,(H,13,20)(H,18,19)(H,14,16,17)/t7-,8?/m0/s1. The number of carbonyl (C=O) groups excluding carboxylic acids is 3. The van der Waals surface area contributed by atoms with Gasteiger partial charge in [0.25, 0.3) is 0 Å². The minimum absolute atomic E-state index is 0.259. The number of hydrogen-bond acceptors (Lipinski definition) is 5. The van der Waals surface area contributed by atoms with Gasteiger partial charge in [0, 0.05) is 0 Å². The number of carboxylic acid groups (broad SMARTS) is 1. The molecule has 8 nitrogen and oxygen atoms in total. The van der Waals surface area contributed by atoms with Crippen molar-refractivity contribution in [2.24, 2.45) is 0 Å². The van der Waals surface area contributed by atoms with E-state index in [0.717, 1.165) is 4.90 Å². The molecule has 2 atom stereocenters. The van der Waals surface area contributed by atoms with Crippen LogP contribution >= 0.6 is 11.8 Å². The molecular weight excluding hydrogens is 298 g/mol. The van der Waals surface area contributed by atoms with Crippen LogP contribution in [0.3, 0.4) is 0 Å². The van der Waals surface area contributed by atoms with Crippen molar-refractivity contribution in [2.45, 2.75) is 31.8 Å². The minimum atomic E-state index is -1.14. The highest BCUT2D eigenvalue weighted by atomic mass is 32.2. The Morgan fingerprint density at radius 3 is 2.71 bits per heavy atom. The number of piperazine rings is 1. The Hall–Kier alpha value is -1.77. The predicted molar refractivity (Wildman–Crippen MR) is 76.9 cm³/mol.